The molecule has 1 aromatic carbocycles. The molecular formula is C20H32IN5O2. The zero-order valence-corrected chi connectivity index (χ0v) is 19.6. The second kappa shape index (κ2) is 11.1. The molecule has 1 heterocycles. The number of benzene rings is 1. The number of aliphatic imine (C=N–C) groups is 1. The average molecular weight is 501 g/mol. The van der Waals surface area contributed by atoms with Gasteiger partial charge in [-0.05, 0) is 51.3 Å². The Balaban J connectivity index is 0.00000392. The summed E-state index contributed by atoms with van der Waals surface area (Å²) in [5.74, 6) is 0.706. The Hall–Kier alpha value is -1.97. The number of carbonyl (C=O) groups excluding carboxylic acids is 1. The summed E-state index contributed by atoms with van der Waals surface area (Å²) in [5, 5.41) is 10.5. The standard InChI is InChI=1S/C20H31N5O2.HI/c1-14-7-6-8-16-17(14)15(13-25-16)9-10-22-18(21-5)23-11-12-24-19(26)27-20(2,3)4;/h6-8,13,25H,9-12H2,1-5H3,(H,24,26)(H2,21,22,23);1H. The minimum absolute atomic E-state index is 0. The number of nitrogens with zero attached hydrogens (tertiary/aromatic N) is 1. The second-order valence-corrected chi connectivity index (χ2v) is 7.42. The molecule has 4 N–H and O–H groups in total. The Morgan fingerprint density at radius 3 is 2.50 bits per heavy atom. The number of fused-ring (bicyclic) bond motifs is 1. The summed E-state index contributed by atoms with van der Waals surface area (Å²) in [7, 11) is 1.73. The van der Waals surface area contributed by atoms with Crippen LogP contribution in [0.3, 0.4) is 0 Å². The van der Waals surface area contributed by atoms with E-state index in [1.54, 1.807) is 7.05 Å². The molecule has 0 aliphatic carbocycles. The predicted octanol–water partition coefficient (Wildman–Crippen LogP) is 3.33. The van der Waals surface area contributed by atoms with E-state index in [9.17, 15) is 4.79 Å². The van der Waals surface area contributed by atoms with Crippen LogP contribution in [0.1, 0.15) is 31.9 Å². The summed E-state index contributed by atoms with van der Waals surface area (Å²) in [4.78, 5) is 19.1. The first-order chi connectivity index (χ1) is 12.8. The van der Waals surface area contributed by atoms with E-state index in [1.807, 2.05) is 20.8 Å². The SMILES string of the molecule is CN=C(NCCNC(=O)OC(C)(C)C)NCCc1c[nH]c2cccc(C)c12.I. The lowest BCUT2D eigenvalue weighted by molar-refractivity contribution is 0.0529. The van der Waals surface area contributed by atoms with Gasteiger partial charge in [0.2, 0.25) is 0 Å². The third-order valence-electron chi connectivity index (χ3n) is 3.99. The number of alkyl carbamates (subject to hydrolysis) is 1. The number of rotatable bonds is 6. The molecule has 0 fully saturated rings. The normalized spacial score (nSPS) is 11.7. The largest absolute Gasteiger partial charge is 0.444 e. The third-order valence-corrected chi connectivity index (χ3v) is 3.99. The van der Waals surface area contributed by atoms with E-state index < -0.39 is 11.7 Å². The van der Waals surface area contributed by atoms with E-state index in [4.69, 9.17) is 4.74 Å². The van der Waals surface area contributed by atoms with Gasteiger partial charge >= 0.3 is 6.09 Å². The van der Waals surface area contributed by atoms with E-state index in [-0.39, 0.29) is 24.0 Å². The van der Waals surface area contributed by atoms with Crippen LogP contribution in [0.15, 0.2) is 29.4 Å². The van der Waals surface area contributed by atoms with Crippen molar-refractivity contribution in [1.29, 1.82) is 0 Å². The molecule has 1 aromatic heterocycles. The first-order valence-electron chi connectivity index (χ1n) is 9.27. The quantitative estimate of drug-likeness (QED) is 0.212. The number of aryl methyl sites for hydroxylation is 1. The topological polar surface area (TPSA) is 90.5 Å². The smallest absolute Gasteiger partial charge is 0.407 e. The first-order valence-corrected chi connectivity index (χ1v) is 9.27. The fourth-order valence-corrected chi connectivity index (χ4v) is 2.84. The predicted molar refractivity (Wildman–Crippen MR) is 126 cm³/mol. The summed E-state index contributed by atoms with van der Waals surface area (Å²) in [6.07, 6.45) is 2.55. The molecule has 156 valence electrons. The number of H-pyrrole nitrogens is 1. The molecule has 0 bridgehead atoms. The van der Waals surface area contributed by atoms with Crippen molar-refractivity contribution in [1.82, 2.24) is 20.9 Å². The number of aromatic amines is 1. The van der Waals surface area contributed by atoms with Gasteiger partial charge in [-0.2, -0.15) is 0 Å². The summed E-state index contributed by atoms with van der Waals surface area (Å²) in [6.45, 7) is 9.43. The first kappa shape index (κ1) is 24.1. The van der Waals surface area contributed by atoms with Crippen molar-refractivity contribution in [2.45, 2.75) is 39.7 Å². The van der Waals surface area contributed by atoms with Crippen LogP contribution in [-0.2, 0) is 11.2 Å². The number of amides is 1. The number of nitrogens with one attached hydrogen (secondary N) is 4. The van der Waals surface area contributed by atoms with Gasteiger partial charge in [-0.1, -0.05) is 12.1 Å². The molecule has 0 saturated heterocycles. The molecule has 0 aliphatic heterocycles. The molecule has 2 rings (SSSR count). The van der Waals surface area contributed by atoms with Gasteiger partial charge in [-0.3, -0.25) is 4.99 Å². The maximum Gasteiger partial charge on any atom is 0.407 e. The van der Waals surface area contributed by atoms with E-state index in [2.05, 4.69) is 57.2 Å². The molecule has 7 nitrogen and oxygen atoms in total. The van der Waals surface area contributed by atoms with Crippen LogP contribution in [0, 0.1) is 6.92 Å². The fraction of sp³-hybridized carbons (Fsp3) is 0.500. The summed E-state index contributed by atoms with van der Waals surface area (Å²) < 4.78 is 5.20. The molecule has 1 amide bonds. The number of carbonyl (C=O) groups is 1. The Bertz CT molecular complexity index is 795. The van der Waals surface area contributed by atoms with Crippen LogP contribution < -0.4 is 16.0 Å². The number of ether oxygens (including phenoxy) is 1. The maximum atomic E-state index is 11.6. The minimum atomic E-state index is -0.490. The van der Waals surface area contributed by atoms with Crippen molar-refractivity contribution in [3.63, 3.8) is 0 Å². The number of aromatic nitrogens is 1. The molecule has 0 unspecified atom stereocenters. The molecule has 0 radical (unpaired) electrons. The Morgan fingerprint density at radius 1 is 1.14 bits per heavy atom. The van der Waals surface area contributed by atoms with Gasteiger partial charge in [-0.15, -0.1) is 24.0 Å². The Morgan fingerprint density at radius 2 is 1.82 bits per heavy atom. The Kier molecular flexibility index (Phi) is 9.57. The highest BCUT2D eigenvalue weighted by molar-refractivity contribution is 14.0. The number of hydrogen-bond donors (Lipinski definition) is 4. The van der Waals surface area contributed by atoms with Crippen LogP contribution in [-0.4, -0.2) is 49.3 Å². The Labute approximate surface area is 184 Å². The number of halogens is 1. The molecule has 28 heavy (non-hydrogen) atoms. The molecule has 2 aromatic rings. The third kappa shape index (κ3) is 7.57. The van der Waals surface area contributed by atoms with Gasteiger partial charge in [0.1, 0.15) is 5.60 Å². The highest BCUT2D eigenvalue weighted by Crippen LogP contribution is 2.22. The van der Waals surface area contributed by atoms with Crippen molar-refractivity contribution < 1.29 is 9.53 Å². The van der Waals surface area contributed by atoms with Crippen molar-refractivity contribution >= 4 is 46.9 Å². The summed E-state index contributed by atoms with van der Waals surface area (Å²) >= 11 is 0. The molecule has 0 spiro atoms. The molecule has 8 heteroatoms. The van der Waals surface area contributed by atoms with Gasteiger partial charge in [0.15, 0.2) is 5.96 Å². The van der Waals surface area contributed by atoms with Crippen LogP contribution >= 0.6 is 24.0 Å². The van der Waals surface area contributed by atoms with E-state index in [1.165, 1.54) is 22.0 Å². The highest BCUT2D eigenvalue weighted by atomic mass is 127. The number of hydrogen-bond acceptors (Lipinski definition) is 3. The van der Waals surface area contributed by atoms with E-state index >= 15 is 0 Å². The van der Waals surface area contributed by atoms with Crippen LogP contribution in [0.5, 0.6) is 0 Å². The molecular weight excluding hydrogens is 469 g/mol. The van der Waals surface area contributed by atoms with E-state index in [0.29, 0.717) is 19.0 Å². The summed E-state index contributed by atoms with van der Waals surface area (Å²) in [5.41, 5.74) is 3.24. The van der Waals surface area contributed by atoms with Crippen LogP contribution in [0.4, 0.5) is 4.79 Å². The number of guanidine groups is 1. The monoisotopic (exact) mass is 501 g/mol. The molecule has 0 aliphatic rings. The van der Waals surface area contributed by atoms with Gasteiger partial charge in [0.25, 0.3) is 0 Å². The highest BCUT2D eigenvalue weighted by Gasteiger charge is 2.15. The van der Waals surface area contributed by atoms with Crippen LogP contribution in [0.2, 0.25) is 0 Å². The lowest BCUT2D eigenvalue weighted by Crippen LogP contribution is -2.42. The van der Waals surface area contributed by atoms with Crippen molar-refractivity contribution in [2.24, 2.45) is 4.99 Å². The average Bonchev–Trinajstić information content (AvgIpc) is 3.00. The fourth-order valence-electron chi connectivity index (χ4n) is 2.84. The van der Waals surface area contributed by atoms with Gasteiger partial charge in [-0.25, -0.2) is 4.79 Å². The zero-order chi connectivity index (χ0) is 19.9. The maximum absolute atomic E-state index is 11.6. The van der Waals surface area contributed by atoms with Gasteiger partial charge in [0.05, 0.1) is 0 Å². The summed E-state index contributed by atoms with van der Waals surface area (Å²) in [6, 6.07) is 6.29. The lowest BCUT2D eigenvalue weighted by atomic mass is 10.1. The van der Waals surface area contributed by atoms with Crippen molar-refractivity contribution in [3.05, 3.63) is 35.5 Å². The molecule has 0 atom stereocenters. The van der Waals surface area contributed by atoms with E-state index in [0.717, 1.165) is 13.0 Å². The van der Waals surface area contributed by atoms with Gasteiger partial charge < -0.3 is 25.7 Å². The van der Waals surface area contributed by atoms with Crippen LogP contribution in [0.25, 0.3) is 10.9 Å². The molecule has 0 saturated carbocycles. The minimum Gasteiger partial charge on any atom is -0.444 e. The van der Waals surface area contributed by atoms with Crippen molar-refractivity contribution in [2.75, 3.05) is 26.7 Å². The second-order valence-electron chi connectivity index (χ2n) is 7.42. The van der Waals surface area contributed by atoms with Gasteiger partial charge in [0, 0.05) is 43.8 Å². The van der Waals surface area contributed by atoms with Crippen molar-refractivity contribution in [3.8, 4) is 0 Å². The zero-order valence-electron chi connectivity index (χ0n) is 17.3. The lowest BCUT2D eigenvalue weighted by Gasteiger charge is -2.19.